The summed E-state index contributed by atoms with van der Waals surface area (Å²) < 4.78 is 15.0. The lowest BCUT2D eigenvalue weighted by atomic mass is 9.94. The van der Waals surface area contributed by atoms with Crippen LogP contribution in [0.2, 0.25) is 0 Å². The van der Waals surface area contributed by atoms with Crippen LogP contribution in [0.15, 0.2) is 30.5 Å². The summed E-state index contributed by atoms with van der Waals surface area (Å²) in [5.41, 5.74) is 1.52. The van der Waals surface area contributed by atoms with E-state index in [4.69, 9.17) is 0 Å². The maximum atomic E-state index is 13.3. The summed E-state index contributed by atoms with van der Waals surface area (Å²) >= 11 is 0. The number of rotatable bonds is 5. The van der Waals surface area contributed by atoms with Crippen molar-refractivity contribution in [1.82, 2.24) is 24.6 Å². The maximum absolute atomic E-state index is 13.3. The summed E-state index contributed by atoms with van der Waals surface area (Å²) in [5.74, 6) is 1.56. The highest BCUT2D eigenvalue weighted by atomic mass is 19.1. The van der Waals surface area contributed by atoms with Gasteiger partial charge in [-0.25, -0.2) is 9.37 Å². The summed E-state index contributed by atoms with van der Waals surface area (Å²) in [6.45, 7) is 2.12. The first-order valence-electron chi connectivity index (χ1n) is 9.21. The van der Waals surface area contributed by atoms with E-state index in [1.165, 1.54) is 12.1 Å². The monoisotopic (exact) mass is 370 g/mol. The third-order valence-corrected chi connectivity index (χ3v) is 4.93. The van der Waals surface area contributed by atoms with Gasteiger partial charge in [-0.15, -0.1) is 0 Å². The van der Waals surface area contributed by atoms with Crippen molar-refractivity contribution >= 4 is 22.8 Å². The lowest BCUT2D eigenvalue weighted by Crippen LogP contribution is -2.41. The van der Waals surface area contributed by atoms with E-state index in [-0.39, 0.29) is 11.7 Å². The molecule has 7 nitrogen and oxygen atoms in total. The molecule has 1 aliphatic heterocycles. The number of aromatic nitrogens is 4. The molecule has 1 aliphatic rings. The molecule has 1 aromatic carbocycles. The first-order valence-corrected chi connectivity index (χ1v) is 9.21. The van der Waals surface area contributed by atoms with Crippen LogP contribution < -0.4 is 5.32 Å². The van der Waals surface area contributed by atoms with Crippen molar-refractivity contribution in [2.24, 2.45) is 13.0 Å². The first-order chi connectivity index (χ1) is 13.0. The second-order valence-electron chi connectivity index (χ2n) is 7.22. The highest BCUT2D eigenvalue weighted by Gasteiger charge is 2.23. The molecule has 4 rings (SSSR count). The molecule has 142 valence electrons. The minimum absolute atomic E-state index is 0.0476. The number of likely N-dealkylation sites (tertiary alicyclic amines) is 1. The van der Waals surface area contributed by atoms with Crippen molar-refractivity contribution in [2.45, 2.75) is 19.3 Å². The van der Waals surface area contributed by atoms with Gasteiger partial charge in [0.1, 0.15) is 11.6 Å². The third kappa shape index (κ3) is 4.33. The Kier molecular flexibility index (Phi) is 4.89. The van der Waals surface area contributed by atoms with Gasteiger partial charge < -0.3 is 10.3 Å². The van der Waals surface area contributed by atoms with Gasteiger partial charge in [-0.2, -0.15) is 5.10 Å². The minimum Gasteiger partial charge on any atom is -0.342 e. The standard InChI is InChI=1S/C19H23FN6O/c1-25-8-6-17(24-25)23-19(27)12-26-7-2-3-13(11-26)9-18-21-15-5-4-14(20)10-16(15)22-18/h4-6,8,10,13H,2-3,7,9,11-12H2,1H3,(H,21,22)(H,23,24,27)/t13-/m0/s1. The fraction of sp³-hybridized carbons (Fsp3) is 0.421. The predicted octanol–water partition coefficient (Wildman–Crippen LogP) is 2.33. The van der Waals surface area contributed by atoms with E-state index in [9.17, 15) is 9.18 Å². The number of halogens is 1. The Hall–Kier alpha value is -2.74. The molecule has 1 amide bonds. The van der Waals surface area contributed by atoms with E-state index in [0.29, 0.717) is 18.3 Å². The minimum atomic E-state index is -0.263. The van der Waals surface area contributed by atoms with Crippen molar-refractivity contribution in [1.29, 1.82) is 0 Å². The molecule has 27 heavy (non-hydrogen) atoms. The van der Waals surface area contributed by atoms with E-state index in [1.807, 2.05) is 7.05 Å². The van der Waals surface area contributed by atoms with E-state index in [1.54, 1.807) is 23.0 Å². The molecule has 0 radical (unpaired) electrons. The van der Waals surface area contributed by atoms with E-state index < -0.39 is 0 Å². The number of carbonyl (C=O) groups excluding carboxylic acids is 1. The molecule has 3 aromatic rings. The summed E-state index contributed by atoms with van der Waals surface area (Å²) in [4.78, 5) is 22.2. The molecule has 2 aromatic heterocycles. The van der Waals surface area contributed by atoms with Crippen LogP contribution in [-0.4, -0.2) is 50.2 Å². The van der Waals surface area contributed by atoms with Gasteiger partial charge in [-0.05, 0) is 43.5 Å². The number of aromatic amines is 1. The Morgan fingerprint density at radius 2 is 2.30 bits per heavy atom. The molecular formula is C19H23FN6O. The highest BCUT2D eigenvalue weighted by Crippen LogP contribution is 2.21. The molecule has 2 N–H and O–H groups in total. The van der Waals surface area contributed by atoms with Crippen molar-refractivity contribution in [2.75, 3.05) is 25.0 Å². The number of amides is 1. The molecule has 0 aliphatic carbocycles. The van der Waals surface area contributed by atoms with E-state index in [0.717, 1.165) is 49.2 Å². The maximum Gasteiger partial charge on any atom is 0.239 e. The van der Waals surface area contributed by atoms with Gasteiger partial charge in [0, 0.05) is 32.3 Å². The Morgan fingerprint density at radius 3 is 3.11 bits per heavy atom. The van der Waals surface area contributed by atoms with Gasteiger partial charge in [0.15, 0.2) is 5.82 Å². The third-order valence-electron chi connectivity index (χ3n) is 4.93. The van der Waals surface area contributed by atoms with Crippen molar-refractivity contribution in [3.05, 3.63) is 42.1 Å². The number of carbonyl (C=O) groups is 1. The molecule has 1 atom stereocenters. The van der Waals surface area contributed by atoms with Crippen molar-refractivity contribution in [3.63, 3.8) is 0 Å². The lowest BCUT2D eigenvalue weighted by molar-refractivity contribution is -0.117. The second-order valence-corrected chi connectivity index (χ2v) is 7.22. The highest BCUT2D eigenvalue weighted by molar-refractivity contribution is 5.91. The Bertz CT molecular complexity index is 949. The second kappa shape index (κ2) is 7.48. The van der Waals surface area contributed by atoms with Crippen LogP contribution in [0.1, 0.15) is 18.7 Å². The molecule has 3 heterocycles. The number of hydrogen-bond donors (Lipinski definition) is 2. The van der Waals surface area contributed by atoms with Crippen LogP contribution in [-0.2, 0) is 18.3 Å². The number of aryl methyl sites for hydroxylation is 1. The number of imidazole rings is 1. The van der Waals surface area contributed by atoms with Gasteiger partial charge in [-0.1, -0.05) is 0 Å². The fourth-order valence-electron chi connectivity index (χ4n) is 3.73. The van der Waals surface area contributed by atoms with Crippen LogP contribution in [0.25, 0.3) is 11.0 Å². The number of benzene rings is 1. The fourth-order valence-corrected chi connectivity index (χ4v) is 3.73. The average molecular weight is 370 g/mol. The van der Waals surface area contributed by atoms with Crippen LogP contribution in [0, 0.1) is 11.7 Å². The number of piperidine rings is 1. The number of fused-ring (bicyclic) bond motifs is 1. The number of nitrogens with one attached hydrogen (secondary N) is 2. The molecule has 0 saturated carbocycles. The zero-order valence-corrected chi connectivity index (χ0v) is 15.3. The molecular weight excluding hydrogens is 347 g/mol. The first kappa shape index (κ1) is 17.7. The quantitative estimate of drug-likeness (QED) is 0.723. The van der Waals surface area contributed by atoms with Gasteiger partial charge >= 0.3 is 0 Å². The molecule has 0 spiro atoms. The van der Waals surface area contributed by atoms with E-state index >= 15 is 0 Å². The summed E-state index contributed by atoms with van der Waals surface area (Å²) in [7, 11) is 1.82. The summed E-state index contributed by atoms with van der Waals surface area (Å²) in [6.07, 6.45) is 4.75. The summed E-state index contributed by atoms with van der Waals surface area (Å²) in [5, 5.41) is 7.00. The zero-order valence-electron chi connectivity index (χ0n) is 15.3. The zero-order chi connectivity index (χ0) is 18.8. The largest absolute Gasteiger partial charge is 0.342 e. The van der Waals surface area contributed by atoms with Gasteiger partial charge in [0.25, 0.3) is 0 Å². The number of nitrogens with zero attached hydrogens (tertiary/aromatic N) is 4. The molecule has 8 heteroatoms. The van der Waals surface area contributed by atoms with Gasteiger partial charge in [0.2, 0.25) is 5.91 Å². The van der Waals surface area contributed by atoms with Crippen LogP contribution in [0.3, 0.4) is 0 Å². The van der Waals surface area contributed by atoms with Gasteiger partial charge in [-0.3, -0.25) is 14.4 Å². The molecule has 0 unspecified atom stereocenters. The predicted molar refractivity (Wildman–Crippen MR) is 101 cm³/mol. The van der Waals surface area contributed by atoms with Crippen molar-refractivity contribution in [3.8, 4) is 0 Å². The average Bonchev–Trinajstić information content (AvgIpc) is 3.20. The van der Waals surface area contributed by atoms with Crippen molar-refractivity contribution < 1.29 is 9.18 Å². The normalized spacial score (nSPS) is 18.1. The van der Waals surface area contributed by atoms with Crippen LogP contribution >= 0.6 is 0 Å². The van der Waals surface area contributed by atoms with E-state index in [2.05, 4.69) is 25.3 Å². The Morgan fingerprint density at radius 1 is 1.41 bits per heavy atom. The van der Waals surface area contributed by atoms with Crippen LogP contribution in [0.5, 0.6) is 0 Å². The number of anilines is 1. The summed E-state index contributed by atoms with van der Waals surface area (Å²) in [6, 6.07) is 6.37. The topological polar surface area (TPSA) is 78.8 Å². The SMILES string of the molecule is Cn1ccc(NC(=O)CN2CCC[C@@H](Cc3nc4ccc(F)cc4[nH]3)C2)n1. The van der Waals surface area contributed by atoms with Gasteiger partial charge in [0.05, 0.1) is 17.6 Å². The smallest absolute Gasteiger partial charge is 0.239 e. The number of H-pyrrole nitrogens is 1. The lowest BCUT2D eigenvalue weighted by Gasteiger charge is -2.31. The van der Waals surface area contributed by atoms with Crippen LogP contribution in [0.4, 0.5) is 10.2 Å². The Balaban J connectivity index is 1.33. The Labute approximate surface area is 156 Å². The molecule has 1 saturated heterocycles. The molecule has 0 bridgehead atoms. The molecule has 1 fully saturated rings. The number of hydrogen-bond acceptors (Lipinski definition) is 4.